The van der Waals surface area contributed by atoms with Gasteiger partial charge in [-0.05, 0) is 47.8 Å². The van der Waals surface area contributed by atoms with Crippen LogP contribution >= 0.6 is 15.9 Å². The Bertz CT molecular complexity index is 1140. The van der Waals surface area contributed by atoms with Gasteiger partial charge < -0.3 is 19.6 Å². The number of halogens is 4. The smallest absolute Gasteiger partial charge is 0.407 e. The van der Waals surface area contributed by atoms with Crippen LogP contribution in [0.15, 0.2) is 10.5 Å². The van der Waals surface area contributed by atoms with Crippen molar-refractivity contribution < 1.29 is 27.8 Å². The van der Waals surface area contributed by atoms with Crippen molar-refractivity contribution in [1.82, 2.24) is 19.8 Å². The SMILES string of the molecule is CN(c1nc(OC[C@@]23CCCN2C[C@H](F)C3)nc2c(F)c(Br)c(F)cc12)C1CCN(C(=O)O)C1. The Balaban J connectivity index is 1.50. The molecular weight excluding hydrogens is 519 g/mol. The molecule has 3 aliphatic heterocycles. The maximum Gasteiger partial charge on any atom is 0.407 e. The van der Waals surface area contributed by atoms with Gasteiger partial charge in [0.25, 0.3) is 0 Å². The van der Waals surface area contributed by atoms with Crippen LogP contribution in [0.1, 0.15) is 25.7 Å². The van der Waals surface area contributed by atoms with E-state index in [1.165, 1.54) is 4.90 Å². The zero-order valence-corrected chi connectivity index (χ0v) is 20.2. The molecule has 0 saturated carbocycles. The van der Waals surface area contributed by atoms with Crippen molar-refractivity contribution in [3.63, 3.8) is 0 Å². The molecular formula is C22H25BrF3N5O3. The second-order valence-corrected chi connectivity index (χ2v) is 10.2. The van der Waals surface area contributed by atoms with Crippen molar-refractivity contribution in [3.8, 4) is 6.01 Å². The van der Waals surface area contributed by atoms with Crippen LogP contribution in [0.3, 0.4) is 0 Å². The number of carboxylic acid groups (broad SMARTS) is 1. The topological polar surface area (TPSA) is 82.0 Å². The summed E-state index contributed by atoms with van der Waals surface area (Å²) in [6.45, 7) is 1.94. The number of hydrogen-bond donors (Lipinski definition) is 1. The minimum atomic E-state index is -1.02. The first-order valence-corrected chi connectivity index (χ1v) is 12.1. The van der Waals surface area contributed by atoms with Crippen LogP contribution < -0.4 is 9.64 Å². The molecule has 1 aromatic heterocycles. The number of nitrogens with zero attached hydrogens (tertiary/aromatic N) is 5. The second kappa shape index (κ2) is 8.71. The van der Waals surface area contributed by atoms with E-state index in [2.05, 4.69) is 30.8 Å². The molecule has 0 spiro atoms. The largest absolute Gasteiger partial charge is 0.465 e. The Morgan fingerprint density at radius 2 is 2.15 bits per heavy atom. The number of fused-ring (bicyclic) bond motifs is 2. The van der Waals surface area contributed by atoms with Gasteiger partial charge >= 0.3 is 12.1 Å². The van der Waals surface area contributed by atoms with Crippen LogP contribution in [-0.4, -0.2) is 88.6 Å². The summed E-state index contributed by atoms with van der Waals surface area (Å²) in [5.74, 6) is -1.42. The average Bonchev–Trinajstić information content (AvgIpc) is 3.50. The number of carbonyl (C=O) groups is 1. The summed E-state index contributed by atoms with van der Waals surface area (Å²) in [5, 5.41) is 9.46. The number of likely N-dealkylation sites (N-methyl/N-ethyl adjacent to an activating group) is 1. The Hall–Kier alpha value is -2.34. The number of anilines is 1. The van der Waals surface area contributed by atoms with Crippen LogP contribution in [0, 0.1) is 11.6 Å². The highest BCUT2D eigenvalue weighted by Crippen LogP contribution is 2.41. The van der Waals surface area contributed by atoms with Crippen LogP contribution in [0.4, 0.5) is 23.8 Å². The average molecular weight is 544 g/mol. The number of aromatic nitrogens is 2. The van der Waals surface area contributed by atoms with Crippen molar-refractivity contribution in [2.45, 2.75) is 43.4 Å². The highest BCUT2D eigenvalue weighted by Gasteiger charge is 2.49. The summed E-state index contributed by atoms with van der Waals surface area (Å²) in [7, 11) is 1.71. The van der Waals surface area contributed by atoms with E-state index in [1.54, 1.807) is 11.9 Å². The molecule has 3 atom stereocenters. The van der Waals surface area contributed by atoms with Gasteiger partial charge in [-0.25, -0.2) is 18.0 Å². The molecule has 5 rings (SSSR count). The maximum absolute atomic E-state index is 15.0. The van der Waals surface area contributed by atoms with E-state index < -0.39 is 29.4 Å². The maximum atomic E-state index is 15.0. The Labute approximate surface area is 202 Å². The molecule has 0 radical (unpaired) electrons. The third-order valence-electron chi connectivity index (χ3n) is 7.33. The zero-order chi connectivity index (χ0) is 24.2. The van der Waals surface area contributed by atoms with E-state index in [1.807, 2.05) is 0 Å². The van der Waals surface area contributed by atoms with Crippen molar-refractivity contribution in [1.29, 1.82) is 0 Å². The molecule has 3 fully saturated rings. The van der Waals surface area contributed by atoms with Gasteiger partial charge in [0.05, 0.1) is 10.0 Å². The van der Waals surface area contributed by atoms with Gasteiger partial charge in [0, 0.05) is 44.5 Å². The van der Waals surface area contributed by atoms with Gasteiger partial charge in [0.1, 0.15) is 29.9 Å². The zero-order valence-electron chi connectivity index (χ0n) is 18.6. The normalized spacial score (nSPS) is 26.9. The monoisotopic (exact) mass is 543 g/mol. The third kappa shape index (κ3) is 3.94. The first-order valence-electron chi connectivity index (χ1n) is 11.3. The van der Waals surface area contributed by atoms with Crippen molar-refractivity contribution in [2.75, 3.05) is 44.7 Å². The lowest BCUT2D eigenvalue weighted by Gasteiger charge is -2.31. The van der Waals surface area contributed by atoms with Crippen LogP contribution in [0.5, 0.6) is 6.01 Å². The van der Waals surface area contributed by atoms with E-state index >= 15 is 4.39 Å². The summed E-state index contributed by atoms with van der Waals surface area (Å²) in [6.07, 6.45) is 0.723. The van der Waals surface area contributed by atoms with Gasteiger partial charge in [-0.15, -0.1) is 0 Å². The fraction of sp³-hybridized carbons (Fsp3) is 0.591. The Morgan fingerprint density at radius 3 is 2.88 bits per heavy atom. The van der Waals surface area contributed by atoms with Gasteiger partial charge in [0.2, 0.25) is 0 Å². The predicted molar refractivity (Wildman–Crippen MR) is 122 cm³/mol. The number of ether oxygens (including phenoxy) is 1. The first-order chi connectivity index (χ1) is 16.2. The second-order valence-electron chi connectivity index (χ2n) is 9.36. The standard InChI is InChI=1S/C22H25BrF3N5O3/c1-29(13-3-6-30(10-13)21(32)33)19-14-7-15(25)16(23)17(26)18(14)27-20(28-19)34-11-22-4-2-5-31(22)9-12(24)8-22/h7,12-13H,2-6,8-11H2,1H3,(H,32,33)/t12-,13?,22+/m1/s1. The van der Waals surface area contributed by atoms with Gasteiger partial charge in [0.15, 0.2) is 5.82 Å². The highest BCUT2D eigenvalue weighted by atomic mass is 79.9. The Kier molecular flexibility index (Phi) is 5.99. The van der Waals surface area contributed by atoms with Crippen LogP contribution in [0.25, 0.3) is 10.9 Å². The minimum absolute atomic E-state index is 0.0802. The van der Waals surface area contributed by atoms with Gasteiger partial charge in [-0.1, -0.05) is 0 Å². The quantitative estimate of drug-likeness (QED) is 0.574. The summed E-state index contributed by atoms with van der Waals surface area (Å²) < 4.78 is 49.2. The number of amides is 1. The van der Waals surface area contributed by atoms with Gasteiger partial charge in [-0.2, -0.15) is 9.97 Å². The van der Waals surface area contributed by atoms with Gasteiger partial charge in [-0.3, -0.25) is 4.90 Å². The van der Waals surface area contributed by atoms with E-state index in [-0.39, 0.29) is 46.4 Å². The minimum Gasteiger partial charge on any atom is -0.465 e. The molecule has 34 heavy (non-hydrogen) atoms. The van der Waals surface area contributed by atoms with Crippen molar-refractivity contribution >= 4 is 38.7 Å². The summed E-state index contributed by atoms with van der Waals surface area (Å²) in [5.41, 5.74) is -0.539. The molecule has 1 unspecified atom stereocenters. The fourth-order valence-corrected chi connectivity index (χ4v) is 5.82. The number of hydrogen-bond acceptors (Lipinski definition) is 6. The van der Waals surface area contributed by atoms with E-state index in [4.69, 9.17) is 4.74 Å². The third-order valence-corrected chi connectivity index (χ3v) is 8.06. The fourth-order valence-electron chi connectivity index (χ4n) is 5.52. The highest BCUT2D eigenvalue weighted by molar-refractivity contribution is 9.10. The predicted octanol–water partition coefficient (Wildman–Crippen LogP) is 3.81. The number of benzene rings is 1. The molecule has 2 aromatic rings. The Morgan fingerprint density at radius 1 is 1.35 bits per heavy atom. The molecule has 8 nitrogen and oxygen atoms in total. The number of rotatable bonds is 5. The van der Waals surface area contributed by atoms with Crippen molar-refractivity contribution in [3.05, 3.63) is 22.2 Å². The molecule has 0 aliphatic carbocycles. The molecule has 1 aromatic carbocycles. The number of likely N-dealkylation sites (tertiary alicyclic amines) is 1. The van der Waals surface area contributed by atoms with Crippen LogP contribution in [-0.2, 0) is 0 Å². The molecule has 184 valence electrons. The lowest BCUT2D eigenvalue weighted by molar-refractivity contribution is 0.107. The molecule has 0 bridgehead atoms. The molecule has 12 heteroatoms. The molecule has 3 aliphatic rings. The molecule has 3 saturated heterocycles. The summed E-state index contributed by atoms with van der Waals surface area (Å²) >= 11 is 2.93. The first kappa shape index (κ1) is 23.4. The molecule has 1 N–H and O–H groups in total. The lowest BCUT2D eigenvalue weighted by atomic mass is 9.95. The molecule has 1 amide bonds. The van der Waals surface area contributed by atoms with E-state index in [0.717, 1.165) is 25.5 Å². The summed E-state index contributed by atoms with van der Waals surface area (Å²) in [4.78, 5) is 25.2. The number of alkyl halides is 1. The lowest BCUT2D eigenvalue weighted by Crippen LogP contribution is -2.43. The summed E-state index contributed by atoms with van der Waals surface area (Å²) in [6, 6.07) is 0.843. The van der Waals surface area contributed by atoms with E-state index in [0.29, 0.717) is 25.9 Å². The van der Waals surface area contributed by atoms with Crippen LogP contribution in [0.2, 0.25) is 0 Å². The van der Waals surface area contributed by atoms with E-state index in [9.17, 15) is 18.7 Å². The van der Waals surface area contributed by atoms with Crippen molar-refractivity contribution in [2.24, 2.45) is 0 Å². The molecule has 4 heterocycles.